The van der Waals surface area contributed by atoms with E-state index in [9.17, 15) is 14.4 Å². The molecule has 0 saturated heterocycles. The van der Waals surface area contributed by atoms with Crippen LogP contribution in [0.3, 0.4) is 0 Å². The van der Waals surface area contributed by atoms with E-state index in [1.54, 1.807) is 0 Å². The Bertz CT molecular complexity index is 1240. The first-order chi connectivity index (χ1) is 38.0. The van der Waals surface area contributed by atoms with Gasteiger partial charge in [0, 0.05) is 19.3 Å². The molecule has 0 aliphatic carbocycles. The Morgan fingerprint density at radius 2 is 0.468 bits per heavy atom. The van der Waals surface area contributed by atoms with Crippen LogP contribution in [0.2, 0.25) is 0 Å². The summed E-state index contributed by atoms with van der Waals surface area (Å²) in [6.07, 6.45) is 81.0. The summed E-state index contributed by atoms with van der Waals surface area (Å²) in [5, 5.41) is 0. The van der Waals surface area contributed by atoms with Crippen molar-refractivity contribution in [2.24, 2.45) is 0 Å². The molecule has 454 valence electrons. The van der Waals surface area contributed by atoms with Crippen LogP contribution in [0.25, 0.3) is 0 Å². The molecule has 6 nitrogen and oxygen atoms in total. The normalized spacial score (nSPS) is 12.1. The first-order valence-corrected chi connectivity index (χ1v) is 34.8. The molecule has 1 atom stereocenters. The van der Waals surface area contributed by atoms with Crippen LogP contribution >= 0.6 is 0 Å². The smallest absolute Gasteiger partial charge is 0.306 e. The average Bonchev–Trinajstić information content (AvgIpc) is 3.43. The van der Waals surface area contributed by atoms with E-state index in [-0.39, 0.29) is 31.1 Å². The van der Waals surface area contributed by atoms with Crippen LogP contribution in [0, 0.1) is 0 Å². The van der Waals surface area contributed by atoms with Gasteiger partial charge in [0.1, 0.15) is 13.2 Å². The van der Waals surface area contributed by atoms with Gasteiger partial charge in [0.05, 0.1) is 0 Å². The van der Waals surface area contributed by atoms with Gasteiger partial charge in [-0.1, -0.05) is 347 Å². The van der Waals surface area contributed by atoms with Crippen molar-refractivity contribution in [1.29, 1.82) is 0 Å². The maximum absolute atomic E-state index is 12.9. The molecule has 0 radical (unpaired) electrons. The molecule has 0 fully saturated rings. The SMILES string of the molecule is CCCCCCC/C=C\C/C=C\CCCCCCCCCCCCCCCCCCCC(=O)OCC(COC(=O)CCCCCCCCC)OC(=O)CCCCCCCCCCCCCCCCCCCCCCCCC. The Labute approximate surface area is 481 Å². The second-order valence-electron chi connectivity index (χ2n) is 23.8. The van der Waals surface area contributed by atoms with E-state index >= 15 is 0 Å². The molecule has 0 aliphatic heterocycles. The van der Waals surface area contributed by atoms with Crippen molar-refractivity contribution in [1.82, 2.24) is 0 Å². The monoisotopic (exact) mass is 1080 g/mol. The molecule has 0 rings (SSSR count). The summed E-state index contributed by atoms with van der Waals surface area (Å²) in [4.78, 5) is 38.2. The minimum absolute atomic E-state index is 0.0645. The number of unbranched alkanes of at least 4 members (excludes halogenated alkanes) is 50. The summed E-state index contributed by atoms with van der Waals surface area (Å²) in [5.41, 5.74) is 0. The number of allylic oxidation sites excluding steroid dienone is 4. The van der Waals surface area contributed by atoms with Crippen LogP contribution < -0.4 is 0 Å². The fourth-order valence-corrected chi connectivity index (χ4v) is 10.7. The molecule has 0 saturated carbocycles. The lowest BCUT2D eigenvalue weighted by molar-refractivity contribution is -0.167. The molecule has 0 aliphatic rings. The predicted molar refractivity (Wildman–Crippen MR) is 335 cm³/mol. The first kappa shape index (κ1) is 74.9. The van der Waals surface area contributed by atoms with E-state index in [0.717, 1.165) is 64.2 Å². The first-order valence-electron chi connectivity index (χ1n) is 34.8. The summed E-state index contributed by atoms with van der Waals surface area (Å²) >= 11 is 0. The summed E-state index contributed by atoms with van der Waals surface area (Å²) in [6.45, 7) is 6.66. The standard InChI is InChI=1S/C71H134O6/c1-4-7-10-13-16-18-20-22-24-26-28-30-32-33-34-35-36-37-39-40-42-44-46-48-50-52-55-58-61-64-70(73)76-67-68(66-75-69(72)63-60-57-54-15-12-9-6-3)77-71(74)65-62-59-56-53-51-49-47-45-43-41-38-31-29-27-25-23-21-19-17-14-11-8-5-2/h20,22,26,28,68H,4-19,21,23-25,27,29-67H2,1-3H3/b22-20-,28-26-. The third kappa shape index (κ3) is 64.6. The Morgan fingerprint density at radius 3 is 0.714 bits per heavy atom. The van der Waals surface area contributed by atoms with Crippen molar-refractivity contribution in [2.75, 3.05) is 13.2 Å². The molecule has 0 spiro atoms. The highest BCUT2D eigenvalue weighted by Crippen LogP contribution is 2.19. The average molecular weight is 1080 g/mol. The lowest BCUT2D eigenvalue weighted by atomic mass is 10.0. The number of carbonyl (C=O) groups is 3. The second-order valence-corrected chi connectivity index (χ2v) is 23.8. The van der Waals surface area contributed by atoms with Crippen LogP contribution in [0.4, 0.5) is 0 Å². The Morgan fingerprint density at radius 1 is 0.260 bits per heavy atom. The fourth-order valence-electron chi connectivity index (χ4n) is 10.7. The topological polar surface area (TPSA) is 78.9 Å². The van der Waals surface area contributed by atoms with Crippen molar-refractivity contribution in [3.8, 4) is 0 Å². The van der Waals surface area contributed by atoms with Gasteiger partial charge in [-0.25, -0.2) is 0 Å². The zero-order valence-electron chi connectivity index (χ0n) is 52.3. The highest BCUT2D eigenvalue weighted by molar-refractivity contribution is 5.71. The Hall–Kier alpha value is -2.11. The molecule has 0 bridgehead atoms. The van der Waals surface area contributed by atoms with E-state index in [2.05, 4.69) is 45.1 Å². The zero-order valence-corrected chi connectivity index (χ0v) is 52.3. The maximum atomic E-state index is 12.9. The van der Waals surface area contributed by atoms with Gasteiger partial charge in [-0.3, -0.25) is 14.4 Å². The maximum Gasteiger partial charge on any atom is 0.306 e. The molecule has 0 N–H and O–H groups in total. The van der Waals surface area contributed by atoms with E-state index in [1.807, 2.05) is 0 Å². The minimum atomic E-state index is -0.765. The molecule has 0 heterocycles. The van der Waals surface area contributed by atoms with E-state index in [4.69, 9.17) is 14.2 Å². The molecule has 0 aromatic carbocycles. The number of hydrogen-bond donors (Lipinski definition) is 0. The lowest BCUT2D eigenvalue weighted by Crippen LogP contribution is -2.30. The van der Waals surface area contributed by atoms with Crippen molar-refractivity contribution >= 4 is 17.9 Å². The summed E-state index contributed by atoms with van der Waals surface area (Å²) in [5.74, 6) is -0.842. The molecule has 6 heteroatoms. The van der Waals surface area contributed by atoms with E-state index in [0.29, 0.717) is 19.3 Å². The molecular formula is C71H134O6. The number of carbonyl (C=O) groups excluding carboxylic acids is 3. The summed E-state index contributed by atoms with van der Waals surface area (Å²) in [6, 6.07) is 0. The largest absolute Gasteiger partial charge is 0.462 e. The van der Waals surface area contributed by atoms with Gasteiger partial charge in [0.2, 0.25) is 0 Å². The zero-order chi connectivity index (χ0) is 55.7. The summed E-state index contributed by atoms with van der Waals surface area (Å²) < 4.78 is 16.9. The third-order valence-electron chi connectivity index (χ3n) is 16.0. The van der Waals surface area contributed by atoms with Crippen LogP contribution in [-0.4, -0.2) is 37.2 Å². The lowest BCUT2D eigenvalue weighted by Gasteiger charge is -2.18. The molecular weight excluding hydrogens is 949 g/mol. The van der Waals surface area contributed by atoms with Gasteiger partial charge >= 0.3 is 17.9 Å². The van der Waals surface area contributed by atoms with Gasteiger partial charge in [-0.15, -0.1) is 0 Å². The predicted octanol–water partition coefficient (Wildman–Crippen LogP) is 23.8. The number of ether oxygens (including phenoxy) is 3. The van der Waals surface area contributed by atoms with Crippen LogP contribution in [0.1, 0.15) is 393 Å². The highest BCUT2D eigenvalue weighted by atomic mass is 16.6. The van der Waals surface area contributed by atoms with Crippen molar-refractivity contribution in [2.45, 2.75) is 399 Å². The van der Waals surface area contributed by atoms with Gasteiger partial charge in [0.15, 0.2) is 6.10 Å². The number of rotatable bonds is 65. The number of hydrogen-bond acceptors (Lipinski definition) is 6. The molecule has 1 unspecified atom stereocenters. The van der Waals surface area contributed by atoms with E-state index < -0.39 is 6.10 Å². The van der Waals surface area contributed by atoms with Crippen LogP contribution in [0.15, 0.2) is 24.3 Å². The summed E-state index contributed by atoms with van der Waals surface area (Å²) in [7, 11) is 0. The second kappa shape index (κ2) is 66.4. The van der Waals surface area contributed by atoms with Gasteiger partial charge in [-0.05, 0) is 51.4 Å². The number of esters is 3. The van der Waals surface area contributed by atoms with Crippen LogP contribution in [-0.2, 0) is 28.6 Å². The van der Waals surface area contributed by atoms with Crippen molar-refractivity contribution < 1.29 is 28.6 Å². The third-order valence-corrected chi connectivity index (χ3v) is 16.0. The molecule has 77 heavy (non-hydrogen) atoms. The molecule has 0 aromatic heterocycles. The van der Waals surface area contributed by atoms with Gasteiger partial charge < -0.3 is 14.2 Å². The fraction of sp³-hybridized carbons (Fsp3) is 0.901. The quantitative estimate of drug-likeness (QED) is 0.0261. The van der Waals surface area contributed by atoms with Gasteiger partial charge in [0.25, 0.3) is 0 Å². The Balaban J connectivity index is 4.01. The minimum Gasteiger partial charge on any atom is -0.462 e. The van der Waals surface area contributed by atoms with Crippen molar-refractivity contribution in [3.63, 3.8) is 0 Å². The van der Waals surface area contributed by atoms with E-state index in [1.165, 1.54) is 289 Å². The van der Waals surface area contributed by atoms with Crippen molar-refractivity contribution in [3.05, 3.63) is 24.3 Å². The van der Waals surface area contributed by atoms with Crippen LogP contribution in [0.5, 0.6) is 0 Å². The molecule has 0 amide bonds. The Kier molecular flexibility index (Phi) is 64.6. The molecule has 0 aromatic rings. The highest BCUT2D eigenvalue weighted by Gasteiger charge is 2.19. The van der Waals surface area contributed by atoms with Gasteiger partial charge in [-0.2, -0.15) is 0 Å².